The zero-order valence-electron chi connectivity index (χ0n) is 17.1. The highest BCUT2D eigenvalue weighted by Crippen LogP contribution is 2.49. The molecule has 2 aromatic rings. The first-order chi connectivity index (χ1) is 15.0. The number of halogens is 2. The van der Waals surface area contributed by atoms with Crippen molar-refractivity contribution in [3.05, 3.63) is 58.3 Å². The van der Waals surface area contributed by atoms with E-state index in [2.05, 4.69) is 31.5 Å². The molecule has 0 aromatic heterocycles. The molecule has 1 aliphatic heterocycles. The second kappa shape index (κ2) is 9.46. The summed E-state index contributed by atoms with van der Waals surface area (Å²) in [6, 6.07) is 12.0. The quantitative estimate of drug-likeness (QED) is 0.618. The van der Waals surface area contributed by atoms with Crippen molar-refractivity contribution in [2.24, 2.45) is 0 Å². The summed E-state index contributed by atoms with van der Waals surface area (Å²) in [7, 11) is 0. The van der Waals surface area contributed by atoms with Gasteiger partial charge >= 0.3 is 0 Å². The van der Waals surface area contributed by atoms with Crippen molar-refractivity contribution < 1.29 is 18.7 Å². The van der Waals surface area contributed by atoms with E-state index in [1.807, 2.05) is 24.3 Å². The molecule has 0 spiro atoms. The highest BCUT2D eigenvalue weighted by Gasteiger charge is 2.51. The van der Waals surface area contributed by atoms with Gasteiger partial charge in [0.25, 0.3) is 0 Å². The van der Waals surface area contributed by atoms with Crippen molar-refractivity contribution in [2.45, 2.75) is 24.7 Å². The first-order valence-corrected chi connectivity index (χ1v) is 11.2. The average molecular weight is 490 g/mol. The van der Waals surface area contributed by atoms with Crippen LogP contribution in [0.1, 0.15) is 24.8 Å². The van der Waals surface area contributed by atoms with E-state index in [0.717, 1.165) is 36.0 Å². The van der Waals surface area contributed by atoms with Gasteiger partial charge in [0.15, 0.2) is 0 Å². The van der Waals surface area contributed by atoms with Gasteiger partial charge in [-0.15, -0.1) is 0 Å². The summed E-state index contributed by atoms with van der Waals surface area (Å²) in [5.74, 6) is -0.922. The van der Waals surface area contributed by atoms with E-state index < -0.39 is 11.2 Å². The lowest BCUT2D eigenvalue weighted by atomic mass is 9.95. The third kappa shape index (κ3) is 5.31. The maximum absolute atomic E-state index is 14.3. The number of hydrogen-bond acceptors (Lipinski definition) is 4. The maximum atomic E-state index is 14.3. The minimum Gasteiger partial charge on any atom is -0.379 e. The fourth-order valence-electron chi connectivity index (χ4n) is 3.80. The fraction of sp³-hybridized carbons (Fsp3) is 0.391. The molecule has 31 heavy (non-hydrogen) atoms. The monoisotopic (exact) mass is 489 g/mol. The topological polar surface area (TPSA) is 70.7 Å². The summed E-state index contributed by atoms with van der Waals surface area (Å²) in [6.45, 7) is 3.52. The Morgan fingerprint density at radius 1 is 1.10 bits per heavy atom. The summed E-state index contributed by atoms with van der Waals surface area (Å²) < 4.78 is 20.5. The van der Waals surface area contributed by atoms with Gasteiger partial charge in [0.2, 0.25) is 11.8 Å². The third-order valence-corrected chi connectivity index (χ3v) is 6.31. The van der Waals surface area contributed by atoms with Crippen LogP contribution in [0.4, 0.5) is 15.8 Å². The van der Waals surface area contributed by atoms with Gasteiger partial charge in [0, 0.05) is 36.2 Å². The van der Waals surface area contributed by atoms with Crippen molar-refractivity contribution in [1.29, 1.82) is 0 Å². The van der Waals surface area contributed by atoms with Crippen molar-refractivity contribution in [1.82, 2.24) is 4.90 Å². The smallest absolute Gasteiger partial charge is 0.235 e. The number of hydrogen-bond donors (Lipinski definition) is 2. The molecule has 4 rings (SSSR count). The maximum Gasteiger partial charge on any atom is 0.235 e. The molecule has 2 fully saturated rings. The minimum absolute atomic E-state index is 0.0667. The van der Waals surface area contributed by atoms with Gasteiger partial charge in [0.1, 0.15) is 5.82 Å². The summed E-state index contributed by atoms with van der Waals surface area (Å²) in [6.07, 6.45) is 1.80. The number of nitrogens with one attached hydrogen (secondary N) is 2. The standard InChI is InChI=1S/C23H25BrFN3O3/c24-17-3-1-2-16(14-17)23(7-8-23)22(30)26-18-4-5-19(25)20(15-18)27-21(29)6-9-28-10-12-31-13-11-28/h1-5,14-15H,6-13H2,(H,26,30)(H,27,29). The van der Waals surface area contributed by atoms with Crippen LogP contribution in [0.3, 0.4) is 0 Å². The van der Waals surface area contributed by atoms with Gasteiger partial charge in [-0.3, -0.25) is 14.5 Å². The zero-order valence-corrected chi connectivity index (χ0v) is 18.7. The average Bonchev–Trinajstić information content (AvgIpc) is 3.58. The molecule has 1 aliphatic carbocycles. The van der Waals surface area contributed by atoms with Crippen LogP contribution in [0, 0.1) is 5.82 Å². The number of ether oxygens (including phenoxy) is 1. The van der Waals surface area contributed by atoms with Gasteiger partial charge in [-0.25, -0.2) is 4.39 Å². The normalized spacial score (nSPS) is 17.7. The van der Waals surface area contributed by atoms with Gasteiger partial charge in [0.05, 0.1) is 24.3 Å². The second-order valence-electron chi connectivity index (χ2n) is 7.99. The Bertz CT molecular complexity index is 974. The van der Waals surface area contributed by atoms with Crippen LogP contribution in [0.2, 0.25) is 0 Å². The molecule has 8 heteroatoms. The van der Waals surface area contributed by atoms with Crippen molar-refractivity contribution in [3.63, 3.8) is 0 Å². The van der Waals surface area contributed by atoms with Crippen LogP contribution in [0.5, 0.6) is 0 Å². The van der Waals surface area contributed by atoms with Gasteiger partial charge in [-0.2, -0.15) is 0 Å². The number of anilines is 2. The molecule has 2 aromatic carbocycles. The Kier molecular flexibility index (Phi) is 6.69. The summed E-state index contributed by atoms with van der Waals surface area (Å²) >= 11 is 3.45. The molecule has 2 amide bonds. The molecule has 6 nitrogen and oxygen atoms in total. The third-order valence-electron chi connectivity index (χ3n) is 5.82. The lowest BCUT2D eigenvalue weighted by Gasteiger charge is -2.26. The van der Waals surface area contributed by atoms with Crippen LogP contribution in [-0.4, -0.2) is 49.6 Å². The van der Waals surface area contributed by atoms with Crippen LogP contribution >= 0.6 is 15.9 Å². The Labute approximate surface area is 189 Å². The van der Waals surface area contributed by atoms with Gasteiger partial charge < -0.3 is 15.4 Å². The van der Waals surface area contributed by atoms with E-state index in [-0.39, 0.29) is 23.9 Å². The van der Waals surface area contributed by atoms with Crippen LogP contribution in [0.15, 0.2) is 46.9 Å². The molecule has 164 valence electrons. The second-order valence-corrected chi connectivity index (χ2v) is 8.91. The van der Waals surface area contributed by atoms with Crippen molar-refractivity contribution >= 4 is 39.1 Å². The molecule has 1 heterocycles. The molecular formula is C23H25BrFN3O3. The Hall–Kier alpha value is -2.29. The highest BCUT2D eigenvalue weighted by molar-refractivity contribution is 9.10. The molecule has 0 atom stereocenters. The molecule has 2 aliphatic rings. The largest absolute Gasteiger partial charge is 0.379 e. The highest BCUT2D eigenvalue weighted by atomic mass is 79.9. The Morgan fingerprint density at radius 3 is 2.58 bits per heavy atom. The molecule has 2 N–H and O–H groups in total. The Balaban J connectivity index is 1.38. The number of morpholine rings is 1. The number of carbonyl (C=O) groups excluding carboxylic acids is 2. The van der Waals surface area contributed by atoms with E-state index in [1.54, 1.807) is 0 Å². The first-order valence-electron chi connectivity index (χ1n) is 10.4. The van der Waals surface area contributed by atoms with Crippen LogP contribution in [-0.2, 0) is 19.7 Å². The molecule has 1 saturated heterocycles. The van der Waals surface area contributed by atoms with Crippen LogP contribution < -0.4 is 10.6 Å². The zero-order chi connectivity index (χ0) is 21.8. The van der Waals surface area contributed by atoms with E-state index >= 15 is 0 Å². The SMILES string of the molecule is O=C(CCN1CCOCC1)Nc1cc(NC(=O)C2(c3cccc(Br)c3)CC2)ccc1F. The molecule has 0 radical (unpaired) electrons. The number of rotatable bonds is 7. The fourth-order valence-corrected chi connectivity index (χ4v) is 4.20. The predicted molar refractivity (Wildman–Crippen MR) is 121 cm³/mol. The van der Waals surface area contributed by atoms with Crippen molar-refractivity contribution in [2.75, 3.05) is 43.5 Å². The lowest BCUT2D eigenvalue weighted by molar-refractivity contribution is -0.118. The van der Waals surface area contributed by atoms with Crippen molar-refractivity contribution in [3.8, 4) is 0 Å². The van der Waals surface area contributed by atoms with Crippen LogP contribution in [0.25, 0.3) is 0 Å². The van der Waals surface area contributed by atoms with E-state index in [0.29, 0.717) is 25.4 Å². The number of benzene rings is 2. The summed E-state index contributed by atoms with van der Waals surface area (Å²) in [4.78, 5) is 27.4. The van der Waals surface area contributed by atoms with Gasteiger partial charge in [-0.05, 0) is 48.7 Å². The molecule has 0 bridgehead atoms. The number of nitrogens with zero attached hydrogens (tertiary/aromatic N) is 1. The lowest BCUT2D eigenvalue weighted by Crippen LogP contribution is -2.38. The molecular weight excluding hydrogens is 465 g/mol. The summed E-state index contributed by atoms with van der Waals surface area (Å²) in [5, 5.41) is 5.52. The minimum atomic E-state index is -0.556. The van der Waals surface area contributed by atoms with E-state index in [4.69, 9.17) is 4.74 Å². The predicted octanol–water partition coefficient (Wildman–Crippen LogP) is 3.92. The molecule has 0 unspecified atom stereocenters. The first kappa shape index (κ1) is 21.9. The number of amides is 2. The van der Waals surface area contributed by atoms with E-state index in [9.17, 15) is 14.0 Å². The van der Waals surface area contributed by atoms with E-state index in [1.165, 1.54) is 18.2 Å². The number of carbonyl (C=O) groups is 2. The Morgan fingerprint density at radius 2 is 1.87 bits per heavy atom. The summed E-state index contributed by atoms with van der Waals surface area (Å²) in [5.41, 5.74) is 0.922. The molecule has 1 saturated carbocycles. The van der Waals surface area contributed by atoms with Gasteiger partial charge in [-0.1, -0.05) is 28.1 Å².